The van der Waals surface area contributed by atoms with Gasteiger partial charge in [-0.1, -0.05) is 0 Å². The van der Waals surface area contributed by atoms with Crippen molar-refractivity contribution in [1.82, 2.24) is 0 Å². The quantitative estimate of drug-likeness (QED) is 0.680. The van der Waals surface area contributed by atoms with E-state index in [1.54, 1.807) is 7.11 Å². The summed E-state index contributed by atoms with van der Waals surface area (Å²) in [7, 11) is 1.70. The molecule has 0 amide bonds. The molecule has 0 heterocycles. The summed E-state index contributed by atoms with van der Waals surface area (Å²) in [6.45, 7) is 8.43. The molecule has 1 nitrogen and oxygen atoms in total. The molecule has 0 aliphatic heterocycles. The van der Waals surface area contributed by atoms with Gasteiger partial charge < -0.3 is 4.74 Å². The first-order chi connectivity index (χ1) is 6.54. The van der Waals surface area contributed by atoms with Gasteiger partial charge in [0.05, 0.1) is 13.0 Å². The van der Waals surface area contributed by atoms with Crippen molar-refractivity contribution in [1.29, 1.82) is 0 Å². The number of ether oxygens (including phenoxy) is 1. The van der Waals surface area contributed by atoms with Crippen LogP contribution in [0.25, 0.3) is 0 Å². The van der Waals surface area contributed by atoms with E-state index >= 15 is 0 Å². The molecule has 0 saturated carbocycles. The van der Waals surface area contributed by atoms with Crippen molar-refractivity contribution in [3.8, 4) is 5.75 Å². The van der Waals surface area contributed by atoms with Gasteiger partial charge in [-0.25, -0.2) is 0 Å². The molecule has 0 aromatic heterocycles. The second kappa shape index (κ2) is 4.22. The molecule has 14 heavy (non-hydrogen) atoms. The van der Waals surface area contributed by atoms with Crippen LogP contribution in [-0.4, -0.2) is 7.11 Å². The standard InChI is InChI=1S/C12H17ClO/c1-7-8(2)10(4)12(14-5)11(6-13)9(7)3/h6H2,1-5H3. The number of hydrogen-bond acceptors (Lipinski definition) is 1. The van der Waals surface area contributed by atoms with Crippen LogP contribution in [0, 0.1) is 27.7 Å². The predicted octanol–water partition coefficient (Wildman–Crippen LogP) is 3.67. The van der Waals surface area contributed by atoms with Crippen LogP contribution < -0.4 is 4.74 Å². The van der Waals surface area contributed by atoms with E-state index in [9.17, 15) is 0 Å². The Morgan fingerprint density at radius 2 is 1.43 bits per heavy atom. The average Bonchev–Trinajstić information content (AvgIpc) is 2.20. The lowest BCUT2D eigenvalue weighted by Crippen LogP contribution is -2.01. The second-order valence-corrected chi connectivity index (χ2v) is 3.91. The van der Waals surface area contributed by atoms with Crippen molar-refractivity contribution in [2.24, 2.45) is 0 Å². The van der Waals surface area contributed by atoms with Crippen LogP contribution in [0.2, 0.25) is 0 Å². The maximum Gasteiger partial charge on any atom is 0.126 e. The summed E-state index contributed by atoms with van der Waals surface area (Å²) < 4.78 is 5.40. The minimum absolute atomic E-state index is 0.511. The van der Waals surface area contributed by atoms with Crippen LogP contribution in [0.15, 0.2) is 0 Å². The molecule has 1 rings (SSSR count). The Hall–Kier alpha value is -0.690. The molecule has 2 heteroatoms. The zero-order chi connectivity index (χ0) is 10.9. The number of halogens is 1. The van der Waals surface area contributed by atoms with Gasteiger partial charge in [-0.2, -0.15) is 0 Å². The van der Waals surface area contributed by atoms with Gasteiger partial charge in [0, 0.05) is 5.56 Å². The predicted molar refractivity (Wildman–Crippen MR) is 61.5 cm³/mol. The van der Waals surface area contributed by atoms with E-state index in [-0.39, 0.29) is 0 Å². The summed E-state index contributed by atoms with van der Waals surface area (Å²) in [5.74, 6) is 1.46. The molecule has 78 valence electrons. The first-order valence-electron chi connectivity index (χ1n) is 4.73. The van der Waals surface area contributed by atoms with E-state index in [1.807, 2.05) is 0 Å². The van der Waals surface area contributed by atoms with Crippen molar-refractivity contribution in [3.63, 3.8) is 0 Å². The van der Waals surface area contributed by atoms with Gasteiger partial charge in [0.15, 0.2) is 0 Å². The highest BCUT2D eigenvalue weighted by Crippen LogP contribution is 2.33. The van der Waals surface area contributed by atoms with Gasteiger partial charge in [0.25, 0.3) is 0 Å². The molecule has 0 atom stereocenters. The third kappa shape index (κ3) is 1.61. The number of methoxy groups -OCH3 is 1. The zero-order valence-corrected chi connectivity index (χ0v) is 10.2. The van der Waals surface area contributed by atoms with Crippen molar-refractivity contribution in [3.05, 3.63) is 27.8 Å². The monoisotopic (exact) mass is 212 g/mol. The van der Waals surface area contributed by atoms with Gasteiger partial charge in [-0.15, -0.1) is 11.6 Å². The van der Waals surface area contributed by atoms with Crippen LogP contribution in [0.5, 0.6) is 5.75 Å². The molecule has 0 spiro atoms. The third-order valence-electron chi connectivity index (χ3n) is 3.09. The van der Waals surface area contributed by atoms with Crippen molar-refractivity contribution in [2.75, 3.05) is 7.11 Å². The Morgan fingerprint density at radius 3 is 1.86 bits per heavy atom. The lowest BCUT2D eigenvalue weighted by molar-refractivity contribution is 0.407. The van der Waals surface area contributed by atoms with E-state index in [2.05, 4.69) is 27.7 Å². The Morgan fingerprint density at radius 1 is 0.929 bits per heavy atom. The molecule has 0 bridgehead atoms. The number of hydrogen-bond donors (Lipinski definition) is 0. The van der Waals surface area contributed by atoms with Crippen molar-refractivity contribution >= 4 is 11.6 Å². The fourth-order valence-corrected chi connectivity index (χ4v) is 2.11. The zero-order valence-electron chi connectivity index (χ0n) is 9.49. The van der Waals surface area contributed by atoms with Gasteiger partial charge in [-0.05, 0) is 49.9 Å². The molecular formula is C12H17ClO. The highest BCUT2D eigenvalue weighted by molar-refractivity contribution is 6.17. The minimum atomic E-state index is 0.511. The molecular weight excluding hydrogens is 196 g/mol. The van der Waals surface area contributed by atoms with Crippen LogP contribution in [0.3, 0.4) is 0 Å². The smallest absolute Gasteiger partial charge is 0.126 e. The summed E-state index contributed by atoms with van der Waals surface area (Å²) in [5, 5.41) is 0. The lowest BCUT2D eigenvalue weighted by atomic mass is 9.94. The van der Waals surface area contributed by atoms with E-state index in [4.69, 9.17) is 16.3 Å². The summed E-state index contributed by atoms with van der Waals surface area (Å²) in [6.07, 6.45) is 0. The van der Waals surface area contributed by atoms with Gasteiger partial charge in [-0.3, -0.25) is 0 Å². The Balaban J connectivity index is 3.57. The van der Waals surface area contributed by atoms with Crippen LogP contribution in [0.4, 0.5) is 0 Å². The van der Waals surface area contributed by atoms with Gasteiger partial charge >= 0.3 is 0 Å². The maximum absolute atomic E-state index is 5.93. The van der Waals surface area contributed by atoms with Crippen molar-refractivity contribution < 1.29 is 4.74 Å². The molecule has 0 saturated heterocycles. The molecule has 0 fully saturated rings. The van der Waals surface area contributed by atoms with Crippen molar-refractivity contribution in [2.45, 2.75) is 33.6 Å². The molecule has 0 radical (unpaired) electrons. The third-order valence-corrected chi connectivity index (χ3v) is 3.36. The Labute approximate surface area is 91.0 Å². The summed E-state index contributed by atoms with van der Waals surface area (Å²) in [6, 6.07) is 0. The molecule has 1 aromatic rings. The average molecular weight is 213 g/mol. The highest BCUT2D eigenvalue weighted by Gasteiger charge is 2.14. The molecule has 0 unspecified atom stereocenters. The van der Waals surface area contributed by atoms with E-state index in [1.165, 1.54) is 22.3 Å². The van der Waals surface area contributed by atoms with E-state index < -0.39 is 0 Å². The minimum Gasteiger partial charge on any atom is -0.496 e. The largest absolute Gasteiger partial charge is 0.496 e. The Bertz CT molecular complexity index is 321. The number of benzene rings is 1. The molecule has 0 aliphatic carbocycles. The van der Waals surface area contributed by atoms with Crippen LogP contribution >= 0.6 is 11.6 Å². The Kier molecular flexibility index (Phi) is 3.43. The van der Waals surface area contributed by atoms with Crippen LogP contribution in [0.1, 0.15) is 27.8 Å². The SMILES string of the molecule is COc1c(C)c(C)c(C)c(C)c1CCl. The summed E-state index contributed by atoms with van der Waals surface area (Å²) in [4.78, 5) is 0. The first kappa shape index (κ1) is 11.4. The normalized spacial score (nSPS) is 10.4. The molecule has 0 aliphatic rings. The maximum atomic E-state index is 5.93. The van der Waals surface area contributed by atoms with E-state index in [0.29, 0.717) is 5.88 Å². The fourth-order valence-electron chi connectivity index (χ4n) is 1.79. The molecule has 0 N–H and O–H groups in total. The number of rotatable bonds is 2. The van der Waals surface area contributed by atoms with Gasteiger partial charge in [0.2, 0.25) is 0 Å². The highest BCUT2D eigenvalue weighted by atomic mass is 35.5. The summed E-state index contributed by atoms with van der Waals surface area (Å²) in [5.41, 5.74) is 6.19. The van der Waals surface area contributed by atoms with Gasteiger partial charge in [0.1, 0.15) is 5.75 Å². The fraction of sp³-hybridized carbons (Fsp3) is 0.500. The lowest BCUT2D eigenvalue weighted by Gasteiger charge is -2.18. The second-order valence-electron chi connectivity index (χ2n) is 3.65. The van der Waals surface area contributed by atoms with Crippen LogP contribution in [-0.2, 0) is 5.88 Å². The van der Waals surface area contributed by atoms with E-state index in [0.717, 1.165) is 11.3 Å². The first-order valence-corrected chi connectivity index (χ1v) is 5.27. The summed E-state index contributed by atoms with van der Waals surface area (Å²) >= 11 is 5.93. The number of alkyl halides is 1. The molecule has 1 aromatic carbocycles. The topological polar surface area (TPSA) is 9.23 Å².